The molecule has 2 aromatic heterocycles. The number of hydrogen-bond donors (Lipinski definition) is 1. The van der Waals surface area contributed by atoms with Gasteiger partial charge in [0.05, 0.1) is 0 Å². The van der Waals surface area contributed by atoms with Gasteiger partial charge in [-0.2, -0.15) is 5.10 Å². The molecule has 0 radical (unpaired) electrons. The van der Waals surface area contributed by atoms with Crippen LogP contribution in [0.1, 0.15) is 25.1 Å². The molecule has 80 valence electrons. The van der Waals surface area contributed by atoms with Gasteiger partial charge >= 0.3 is 0 Å². The molecule has 0 aliphatic rings. The van der Waals surface area contributed by atoms with Crippen LogP contribution in [0.2, 0.25) is 5.02 Å². The average molecular weight is 225 g/mol. The van der Waals surface area contributed by atoms with Crippen LogP contribution in [0.4, 0.5) is 0 Å². The highest BCUT2D eigenvalue weighted by Crippen LogP contribution is 2.17. The summed E-state index contributed by atoms with van der Waals surface area (Å²) in [7, 11) is 0. The van der Waals surface area contributed by atoms with Crippen LogP contribution in [0, 0.1) is 0 Å². The molecule has 0 saturated heterocycles. The zero-order valence-corrected chi connectivity index (χ0v) is 9.28. The Kier molecular flexibility index (Phi) is 2.88. The Hall–Kier alpha value is -1.13. The quantitative estimate of drug-likeness (QED) is 0.866. The van der Waals surface area contributed by atoms with Crippen LogP contribution in [-0.4, -0.2) is 21.1 Å². The first-order valence-electron chi connectivity index (χ1n) is 4.92. The number of nitrogens with zero attached hydrogens (tertiary/aromatic N) is 3. The largest absolute Gasteiger partial charge is 0.330 e. The summed E-state index contributed by atoms with van der Waals surface area (Å²) in [6.45, 7) is 2.72. The fourth-order valence-electron chi connectivity index (χ4n) is 1.46. The Morgan fingerprint density at radius 3 is 3.13 bits per heavy atom. The van der Waals surface area contributed by atoms with Gasteiger partial charge in [-0.3, -0.25) is 0 Å². The lowest BCUT2D eigenvalue weighted by Gasteiger charge is -2.02. The second-order valence-corrected chi connectivity index (χ2v) is 4.03. The van der Waals surface area contributed by atoms with Gasteiger partial charge in [-0.05, 0) is 19.0 Å². The minimum atomic E-state index is 0.286. The molecule has 1 atom stereocenters. The van der Waals surface area contributed by atoms with E-state index in [0.717, 1.165) is 17.9 Å². The average Bonchev–Trinajstić information content (AvgIpc) is 2.60. The number of pyridine rings is 1. The molecule has 2 N–H and O–H groups in total. The minimum absolute atomic E-state index is 0.286. The number of nitrogens with two attached hydrogens (primary N) is 1. The summed E-state index contributed by atoms with van der Waals surface area (Å²) in [5.41, 5.74) is 6.28. The van der Waals surface area contributed by atoms with E-state index < -0.39 is 0 Å². The van der Waals surface area contributed by atoms with Gasteiger partial charge in [0.1, 0.15) is 0 Å². The number of aromatic nitrogens is 3. The van der Waals surface area contributed by atoms with Gasteiger partial charge in [0.2, 0.25) is 0 Å². The van der Waals surface area contributed by atoms with Crippen LogP contribution < -0.4 is 5.73 Å². The number of halogens is 1. The predicted octanol–water partition coefficient (Wildman–Crippen LogP) is 1.83. The van der Waals surface area contributed by atoms with Crippen molar-refractivity contribution in [2.45, 2.75) is 19.3 Å². The van der Waals surface area contributed by atoms with E-state index in [-0.39, 0.29) is 5.92 Å². The van der Waals surface area contributed by atoms with Gasteiger partial charge in [0.25, 0.3) is 0 Å². The zero-order chi connectivity index (χ0) is 10.8. The summed E-state index contributed by atoms with van der Waals surface area (Å²) >= 11 is 5.87. The first-order valence-corrected chi connectivity index (χ1v) is 5.30. The third-order valence-electron chi connectivity index (χ3n) is 2.36. The maximum Gasteiger partial charge on any atom is 0.157 e. The zero-order valence-electron chi connectivity index (χ0n) is 8.52. The Morgan fingerprint density at radius 2 is 2.40 bits per heavy atom. The van der Waals surface area contributed by atoms with Crippen LogP contribution in [0.5, 0.6) is 0 Å². The highest BCUT2D eigenvalue weighted by atomic mass is 35.5. The molecular weight excluding hydrogens is 212 g/mol. The highest BCUT2D eigenvalue weighted by Gasteiger charge is 2.11. The standard InChI is InChI=1S/C10H13ClN4/c1-7(2-4-12)10-13-9-6-8(11)3-5-15(9)14-10/h3,5-7H,2,4,12H2,1H3. The van der Waals surface area contributed by atoms with Crippen molar-refractivity contribution in [2.75, 3.05) is 6.54 Å². The van der Waals surface area contributed by atoms with Crippen LogP contribution in [0.3, 0.4) is 0 Å². The fraction of sp³-hybridized carbons (Fsp3) is 0.400. The topological polar surface area (TPSA) is 56.2 Å². The highest BCUT2D eigenvalue weighted by molar-refractivity contribution is 6.30. The summed E-state index contributed by atoms with van der Waals surface area (Å²) in [5, 5.41) is 5.04. The van der Waals surface area contributed by atoms with Gasteiger partial charge in [0, 0.05) is 23.2 Å². The van der Waals surface area contributed by atoms with Crippen LogP contribution in [0.15, 0.2) is 18.3 Å². The van der Waals surface area contributed by atoms with E-state index in [1.54, 1.807) is 16.6 Å². The molecule has 0 saturated carbocycles. The van der Waals surface area contributed by atoms with Gasteiger partial charge < -0.3 is 5.73 Å². The van der Waals surface area contributed by atoms with Gasteiger partial charge in [-0.1, -0.05) is 18.5 Å². The van der Waals surface area contributed by atoms with Crippen molar-refractivity contribution in [3.05, 3.63) is 29.2 Å². The molecule has 15 heavy (non-hydrogen) atoms. The molecular formula is C10H13ClN4. The van der Waals surface area contributed by atoms with Crippen LogP contribution in [-0.2, 0) is 0 Å². The molecule has 0 aromatic carbocycles. The smallest absolute Gasteiger partial charge is 0.157 e. The first kappa shape index (κ1) is 10.4. The van der Waals surface area contributed by atoms with Gasteiger partial charge in [0.15, 0.2) is 11.5 Å². The second-order valence-electron chi connectivity index (χ2n) is 3.60. The van der Waals surface area contributed by atoms with Gasteiger partial charge in [-0.15, -0.1) is 0 Å². The number of fused-ring (bicyclic) bond motifs is 1. The van der Waals surface area contributed by atoms with E-state index in [1.807, 2.05) is 6.20 Å². The van der Waals surface area contributed by atoms with Crippen molar-refractivity contribution in [2.24, 2.45) is 5.73 Å². The molecule has 0 fully saturated rings. The summed E-state index contributed by atoms with van der Waals surface area (Å²) in [5.74, 6) is 1.11. The lowest BCUT2D eigenvalue weighted by Crippen LogP contribution is -2.05. The van der Waals surface area contributed by atoms with E-state index in [9.17, 15) is 0 Å². The molecule has 2 rings (SSSR count). The third kappa shape index (κ3) is 2.11. The van der Waals surface area contributed by atoms with Crippen molar-refractivity contribution >= 4 is 17.2 Å². The van der Waals surface area contributed by atoms with E-state index in [1.165, 1.54) is 0 Å². The monoisotopic (exact) mass is 224 g/mol. The number of hydrogen-bond acceptors (Lipinski definition) is 3. The molecule has 5 heteroatoms. The molecule has 0 aliphatic heterocycles. The first-order chi connectivity index (χ1) is 7.20. The van der Waals surface area contributed by atoms with E-state index in [0.29, 0.717) is 11.6 Å². The molecule has 0 spiro atoms. The Balaban J connectivity index is 2.38. The molecule has 0 bridgehead atoms. The lowest BCUT2D eigenvalue weighted by atomic mass is 10.1. The van der Waals surface area contributed by atoms with Gasteiger partial charge in [-0.25, -0.2) is 9.50 Å². The van der Waals surface area contributed by atoms with E-state index >= 15 is 0 Å². The maximum atomic E-state index is 5.87. The summed E-state index contributed by atoms with van der Waals surface area (Å²) in [6.07, 6.45) is 2.70. The molecule has 0 aliphatic carbocycles. The minimum Gasteiger partial charge on any atom is -0.330 e. The van der Waals surface area contributed by atoms with Crippen molar-refractivity contribution in [3.8, 4) is 0 Å². The summed E-state index contributed by atoms with van der Waals surface area (Å²) in [6, 6.07) is 3.59. The molecule has 1 unspecified atom stereocenters. The van der Waals surface area contributed by atoms with Crippen LogP contribution in [0.25, 0.3) is 5.65 Å². The molecule has 4 nitrogen and oxygen atoms in total. The molecule has 0 amide bonds. The normalized spacial score (nSPS) is 13.3. The molecule has 2 heterocycles. The Morgan fingerprint density at radius 1 is 1.60 bits per heavy atom. The predicted molar refractivity (Wildman–Crippen MR) is 60.1 cm³/mol. The van der Waals surface area contributed by atoms with Crippen molar-refractivity contribution in [1.29, 1.82) is 0 Å². The van der Waals surface area contributed by atoms with Crippen molar-refractivity contribution < 1.29 is 0 Å². The fourth-order valence-corrected chi connectivity index (χ4v) is 1.62. The third-order valence-corrected chi connectivity index (χ3v) is 2.59. The molecule has 2 aromatic rings. The van der Waals surface area contributed by atoms with Crippen molar-refractivity contribution in [1.82, 2.24) is 14.6 Å². The Bertz CT molecular complexity index is 465. The van der Waals surface area contributed by atoms with Crippen LogP contribution >= 0.6 is 11.6 Å². The Labute approximate surface area is 93.1 Å². The maximum absolute atomic E-state index is 5.87. The van der Waals surface area contributed by atoms with E-state index in [2.05, 4.69) is 17.0 Å². The SMILES string of the molecule is CC(CCN)c1nc2cc(Cl)ccn2n1. The second kappa shape index (κ2) is 4.16. The van der Waals surface area contributed by atoms with Crippen molar-refractivity contribution in [3.63, 3.8) is 0 Å². The summed E-state index contributed by atoms with van der Waals surface area (Å²) in [4.78, 5) is 4.40. The number of rotatable bonds is 3. The summed E-state index contributed by atoms with van der Waals surface area (Å²) < 4.78 is 1.73. The van der Waals surface area contributed by atoms with E-state index in [4.69, 9.17) is 17.3 Å². The lowest BCUT2D eigenvalue weighted by molar-refractivity contribution is 0.646.